The van der Waals surface area contributed by atoms with Gasteiger partial charge in [-0.2, -0.15) is 0 Å². The van der Waals surface area contributed by atoms with E-state index in [1.54, 1.807) is 44.2 Å². The van der Waals surface area contributed by atoms with E-state index in [1.807, 2.05) is 6.92 Å². The average Bonchev–Trinajstić information content (AvgIpc) is 3.45. The van der Waals surface area contributed by atoms with E-state index in [0.29, 0.717) is 27.1 Å². The van der Waals surface area contributed by atoms with E-state index in [1.165, 1.54) is 29.3 Å². The molecule has 0 unspecified atom stereocenters. The Kier molecular flexibility index (Phi) is 7.98. The quantitative estimate of drug-likeness (QED) is 0.253. The maximum Gasteiger partial charge on any atom is 0.273 e. The number of primary amides is 1. The van der Waals surface area contributed by atoms with Gasteiger partial charge >= 0.3 is 0 Å². The van der Waals surface area contributed by atoms with E-state index in [9.17, 15) is 14.7 Å². The van der Waals surface area contributed by atoms with Gasteiger partial charge in [0.05, 0.1) is 24.0 Å². The molecule has 0 aliphatic rings. The first-order valence-electron chi connectivity index (χ1n) is 10.8. The van der Waals surface area contributed by atoms with E-state index in [-0.39, 0.29) is 23.8 Å². The van der Waals surface area contributed by atoms with Crippen LogP contribution in [0.4, 0.5) is 10.8 Å². The number of allylic oxidation sites excluding steroid dienone is 3. The second kappa shape index (κ2) is 10.9. The zero-order chi connectivity index (χ0) is 26.5. The lowest BCUT2D eigenvalue weighted by molar-refractivity contribution is 0.0956. The first-order valence-corrected chi connectivity index (χ1v) is 11.6. The molecule has 11 nitrogen and oxygen atoms in total. The summed E-state index contributed by atoms with van der Waals surface area (Å²) >= 11 is 1.23. The minimum Gasteiger partial charge on any atom is -0.385 e. The number of nitrogens with two attached hydrogens (primary N) is 1. The second-order valence-corrected chi connectivity index (χ2v) is 9.21. The Labute approximate surface area is 212 Å². The number of pyridine rings is 1. The number of nitrogens with zero attached hydrogens (tertiary/aromatic N) is 5. The molecule has 0 saturated heterocycles. The normalized spacial score (nSPS) is 12.2. The number of hydrogen-bond donors (Lipinski definition) is 4. The molecule has 3 heterocycles. The van der Waals surface area contributed by atoms with Crippen LogP contribution in [0.5, 0.6) is 0 Å². The summed E-state index contributed by atoms with van der Waals surface area (Å²) < 4.78 is 1.50. The van der Waals surface area contributed by atoms with Crippen molar-refractivity contribution in [3.63, 3.8) is 0 Å². The highest BCUT2D eigenvalue weighted by Gasteiger charge is 2.19. The van der Waals surface area contributed by atoms with E-state index < -0.39 is 11.5 Å². The topological polar surface area (TPSA) is 161 Å². The summed E-state index contributed by atoms with van der Waals surface area (Å²) in [7, 11) is 1.52. The average molecular weight is 507 g/mol. The van der Waals surface area contributed by atoms with Gasteiger partial charge in [-0.25, -0.2) is 14.6 Å². The Hall–Kier alpha value is -4.34. The molecule has 0 aliphatic heterocycles. The van der Waals surface area contributed by atoms with Crippen molar-refractivity contribution >= 4 is 39.5 Å². The molecule has 0 radical (unpaired) electrons. The Morgan fingerprint density at radius 3 is 2.69 bits per heavy atom. The van der Waals surface area contributed by atoms with Crippen molar-refractivity contribution in [2.45, 2.75) is 32.9 Å². The number of hydrogen-bond acceptors (Lipinski definition) is 9. The lowest BCUT2D eigenvalue weighted by Gasteiger charge is -2.16. The van der Waals surface area contributed by atoms with E-state index >= 15 is 0 Å². The van der Waals surface area contributed by atoms with Crippen LogP contribution < -0.4 is 16.4 Å². The number of carbonyl (C=O) groups is 2. The molecule has 0 aliphatic carbocycles. The molecule has 0 fully saturated rings. The Bertz CT molecular complexity index is 1390. The number of aliphatic hydroxyl groups is 1. The molecule has 3 rings (SSSR count). The number of rotatable bonds is 9. The van der Waals surface area contributed by atoms with Crippen molar-refractivity contribution in [3.8, 4) is 12.3 Å². The molecule has 0 spiro atoms. The molecular formula is C24H26N8O3S. The van der Waals surface area contributed by atoms with Gasteiger partial charge in [-0.05, 0) is 44.6 Å². The molecule has 12 heteroatoms. The van der Waals surface area contributed by atoms with Crippen LogP contribution in [0.2, 0.25) is 0 Å². The van der Waals surface area contributed by atoms with Gasteiger partial charge in [0.2, 0.25) is 0 Å². The van der Waals surface area contributed by atoms with Gasteiger partial charge in [0.15, 0.2) is 11.4 Å². The highest BCUT2D eigenvalue weighted by molar-refractivity contribution is 7.17. The number of anilines is 2. The molecule has 0 bridgehead atoms. The lowest BCUT2D eigenvalue weighted by atomic mass is 9.98. The van der Waals surface area contributed by atoms with Crippen LogP contribution in [0, 0.1) is 12.3 Å². The largest absolute Gasteiger partial charge is 0.385 e. The van der Waals surface area contributed by atoms with Gasteiger partial charge in [0.1, 0.15) is 15.8 Å². The Morgan fingerprint density at radius 2 is 2.06 bits per heavy atom. The van der Waals surface area contributed by atoms with Gasteiger partial charge in [-0.1, -0.05) is 34.6 Å². The molecule has 3 aromatic rings. The zero-order valence-corrected chi connectivity index (χ0v) is 21.1. The van der Waals surface area contributed by atoms with Crippen LogP contribution in [-0.4, -0.2) is 54.5 Å². The standard InChI is InChI=1S/C24H26N8O3S/c1-6-15(24(3,4)35)11-10-14(2)22-29-19(20(25)33)23(36-22)28-18-9-7-8-16(27-18)12-32-13-17(30-31-32)21(34)26-5/h1,7-11,13,35H,12H2,2-5H3,(H2,25,33)(H,26,34)(H,27,28)/b14-10+,15-11+. The summed E-state index contributed by atoms with van der Waals surface area (Å²) in [5.41, 5.74) is 6.45. The maximum atomic E-state index is 12.0. The summed E-state index contributed by atoms with van der Waals surface area (Å²) in [6.07, 6.45) is 10.4. The molecule has 5 N–H and O–H groups in total. The fourth-order valence-corrected chi connectivity index (χ4v) is 3.93. The Balaban J connectivity index is 1.84. The van der Waals surface area contributed by atoms with E-state index in [2.05, 4.69) is 36.8 Å². The molecule has 36 heavy (non-hydrogen) atoms. The fourth-order valence-electron chi connectivity index (χ4n) is 2.98. The first-order chi connectivity index (χ1) is 17.0. The molecule has 186 valence electrons. The summed E-state index contributed by atoms with van der Waals surface area (Å²) in [6, 6.07) is 5.32. The fraction of sp³-hybridized carbons (Fsp3) is 0.250. The van der Waals surface area contributed by atoms with Gasteiger partial charge in [-0.3, -0.25) is 9.59 Å². The summed E-state index contributed by atoms with van der Waals surface area (Å²) in [4.78, 5) is 32.6. The molecule has 0 saturated carbocycles. The second-order valence-electron chi connectivity index (χ2n) is 8.21. The van der Waals surface area contributed by atoms with Crippen molar-refractivity contribution in [1.82, 2.24) is 30.3 Å². The predicted molar refractivity (Wildman–Crippen MR) is 138 cm³/mol. The smallest absolute Gasteiger partial charge is 0.273 e. The number of aromatic nitrogens is 5. The third-order valence-corrected chi connectivity index (χ3v) is 5.99. The molecular weight excluding hydrogens is 480 g/mol. The van der Waals surface area contributed by atoms with Crippen LogP contribution in [-0.2, 0) is 6.54 Å². The molecule has 2 amide bonds. The third-order valence-electron chi connectivity index (χ3n) is 4.88. The van der Waals surface area contributed by atoms with Crippen molar-refractivity contribution in [3.05, 3.63) is 64.2 Å². The predicted octanol–water partition coefficient (Wildman–Crippen LogP) is 2.11. The minimum atomic E-state index is -1.16. The van der Waals surface area contributed by atoms with Gasteiger partial charge in [0, 0.05) is 12.6 Å². The molecule has 3 aromatic heterocycles. The monoisotopic (exact) mass is 506 g/mol. The Morgan fingerprint density at radius 1 is 1.31 bits per heavy atom. The maximum absolute atomic E-state index is 12.0. The van der Waals surface area contributed by atoms with Crippen LogP contribution in [0.25, 0.3) is 5.57 Å². The van der Waals surface area contributed by atoms with Gasteiger partial charge in [-0.15, -0.1) is 11.5 Å². The highest BCUT2D eigenvalue weighted by atomic mass is 32.1. The van der Waals surface area contributed by atoms with Gasteiger partial charge in [0.25, 0.3) is 11.8 Å². The van der Waals surface area contributed by atoms with Crippen LogP contribution in [0.3, 0.4) is 0 Å². The van der Waals surface area contributed by atoms with Crippen LogP contribution in [0.15, 0.2) is 42.1 Å². The van der Waals surface area contributed by atoms with Crippen molar-refractivity contribution in [1.29, 1.82) is 0 Å². The first kappa shape index (κ1) is 26.3. The lowest BCUT2D eigenvalue weighted by Crippen LogP contribution is -2.20. The highest BCUT2D eigenvalue weighted by Crippen LogP contribution is 2.31. The summed E-state index contributed by atoms with van der Waals surface area (Å²) in [5, 5.41) is 24.5. The van der Waals surface area contributed by atoms with Crippen molar-refractivity contribution in [2.24, 2.45) is 5.73 Å². The number of amides is 2. The van der Waals surface area contributed by atoms with Crippen molar-refractivity contribution < 1.29 is 14.7 Å². The zero-order valence-electron chi connectivity index (χ0n) is 20.2. The number of terminal acetylenes is 1. The minimum absolute atomic E-state index is 0.0742. The van der Waals surface area contributed by atoms with Crippen molar-refractivity contribution in [2.75, 3.05) is 12.4 Å². The summed E-state index contributed by atoms with van der Waals surface area (Å²) in [5.74, 6) is 1.92. The SMILES string of the molecule is C#C/C(=C\C=C(/C)c1nc(C(N)=O)c(Nc2cccc(Cn3cc(C(=O)NC)nn3)n2)s1)C(C)(C)O. The molecule has 0 aromatic carbocycles. The van der Waals surface area contributed by atoms with E-state index in [0.717, 1.165) is 5.57 Å². The number of thiazole rings is 1. The molecule has 0 atom stereocenters. The number of carbonyl (C=O) groups excluding carboxylic acids is 2. The van der Waals surface area contributed by atoms with Gasteiger partial charge < -0.3 is 21.5 Å². The van der Waals surface area contributed by atoms with Crippen LogP contribution >= 0.6 is 11.3 Å². The number of nitrogens with one attached hydrogen (secondary N) is 2. The van der Waals surface area contributed by atoms with Crippen LogP contribution in [0.1, 0.15) is 52.4 Å². The van der Waals surface area contributed by atoms with E-state index in [4.69, 9.17) is 12.2 Å². The summed E-state index contributed by atoms with van der Waals surface area (Å²) in [6.45, 7) is 5.29. The third kappa shape index (κ3) is 6.41.